The molecule has 0 saturated heterocycles. The molecule has 0 unspecified atom stereocenters. The summed E-state index contributed by atoms with van der Waals surface area (Å²) in [5.74, 6) is 0. The van der Waals surface area contributed by atoms with Crippen LogP contribution in [0.5, 0.6) is 0 Å². The highest BCUT2D eigenvalue weighted by atomic mass is 32.2. The molecule has 0 aliphatic carbocycles. The van der Waals surface area contributed by atoms with Gasteiger partial charge in [-0.25, -0.2) is 0 Å². The van der Waals surface area contributed by atoms with Crippen LogP contribution in [0.3, 0.4) is 0 Å². The average molecular weight is 178 g/mol. The summed E-state index contributed by atoms with van der Waals surface area (Å²) < 4.78 is 20.3. The summed E-state index contributed by atoms with van der Waals surface area (Å²) >= 11 is 0. The van der Waals surface area contributed by atoms with Gasteiger partial charge >= 0.3 is 0 Å². The molecular weight excluding hydrogens is 176 g/mol. The average Bonchev–Trinajstić information content (AvgIpc) is 2.33. The van der Waals surface area contributed by atoms with Crippen LogP contribution in [0, 0.1) is 10.1 Å². The molecule has 0 fully saturated rings. The molecular formula is C2H2N4O4S. The number of nitrogens with zero attached hydrogens (tertiary/aromatic N) is 4. The SMILES string of the molecule is O=[N+]([O-])N1CC(=S(=O)=O)N=N1. The van der Waals surface area contributed by atoms with Gasteiger partial charge in [0.1, 0.15) is 0 Å². The van der Waals surface area contributed by atoms with E-state index in [1.165, 1.54) is 0 Å². The largest absolute Gasteiger partial charge is 0.339 e. The Morgan fingerprint density at radius 1 is 1.64 bits per heavy atom. The molecule has 1 rings (SSSR count). The lowest BCUT2D eigenvalue weighted by Gasteiger charge is -1.97. The molecule has 0 atom stereocenters. The van der Waals surface area contributed by atoms with Gasteiger partial charge in [-0.05, 0) is 0 Å². The molecule has 0 aromatic carbocycles. The third-order valence-corrected chi connectivity index (χ3v) is 1.51. The molecule has 0 aromatic rings. The van der Waals surface area contributed by atoms with Crippen molar-refractivity contribution in [2.24, 2.45) is 10.3 Å². The van der Waals surface area contributed by atoms with Crippen molar-refractivity contribution in [1.29, 1.82) is 0 Å². The van der Waals surface area contributed by atoms with E-state index in [0.717, 1.165) is 0 Å². The minimum absolute atomic E-state index is 0.332. The van der Waals surface area contributed by atoms with Crippen LogP contribution in [0.1, 0.15) is 0 Å². The van der Waals surface area contributed by atoms with Crippen molar-refractivity contribution in [3.63, 3.8) is 0 Å². The smallest absolute Gasteiger partial charge is 0.242 e. The molecule has 0 N–H and O–H groups in total. The maximum Gasteiger partial charge on any atom is 0.242 e. The normalized spacial score (nSPS) is 15.6. The molecule has 1 heterocycles. The van der Waals surface area contributed by atoms with Gasteiger partial charge in [-0.3, -0.25) is 0 Å². The molecule has 0 radical (unpaired) electrons. The zero-order valence-corrected chi connectivity index (χ0v) is 5.85. The van der Waals surface area contributed by atoms with E-state index in [-0.39, 0.29) is 4.99 Å². The maximum absolute atomic E-state index is 10.1. The van der Waals surface area contributed by atoms with E-state index < -0.39 is 21.9 Å². The zero-order valence-electron chi connectivity index (χ0n) is 5.04. The first-order valence-corrected chi connectivity index (χ1v) is 3.47. The van der Waals surface area contributed by atoms with Crippen molar-refractivity contribution >= 4 is 15.3 Å². The summed E-state index contributed by atoms with van der Waals surface area (Å²) in [6.45, 7) is -0.400. The Labute approximate surface area is 61.8 Å². The van der Waals surface area contributed by atoms with E-state index in [9.17, 15) is 18.5 Å². The Kier molecular flexibility index (Phi) is 1.81. The topological polar surface area (TPSA) is 105 Å². The maximum atomic E-state index is 10.1. The van der Waals surface area contributed by atoms with Gasteiger partial charge < -0.3 is 10.1 Å². The minimum Gasteiger partial charge on any atom is -0.339 e. The van der Waals surface area contributed by atoms with Crippen molar-refractivity contribution in [1.82, 2.24) is 5.12 Å². The van der Waals surface area contributed by atoms with Crippen LogP contribution in [0.2, 0.25) is 0 Å². The number of rotatable bonds is 1. The van der Waals surface area contributed by atoms with Crippen LogP contribution in [0.15, 0.2) is 10.3 Å². The second-order valence-electron chi connectivity index (χ2n) is 1.59. The van der Waals surface area contributed by atoms with Crippen LogP contribution in [-0.4, -0.2) is 30.1 Å². The highest BCUT2D eigenvalue weighted by molar-refractivity contribution is 7.73. The Morgan fingerprint density at radius 3 is 2.55 bits per heavy atom. The molecule has 1 aliphatic rings. The van der Waals surface area contributed by atoms with Gasteiger partial charge in [0.05, 0.1) is 5.03 Å². The predicted octanol–water partition coefficient (Wildman–Crippen LogP) is -1.13. The fraction of sp³-hybridized carbons (Fsp3) is 0.500. The van der Waals surface area contributed by atoms with E-state index in [4.69, 9.17) is 0 Å². The van der Waals surface area contributed by atoms with Gasteiger partial charge in [-0.1, -0.05) is 0 Å². The van der Waals surface area contributed by atoms with E-state index in [0.29, 0.717) is 5.12 Å². The van der Waals surface area contributed by atoms with Gasteiger partial charge in [0, 0.05) is 10.2 Å². The number of hydrogen-bond donors (Lipinski definition) is 0. The van der Waals surface area contributed by atoms with E-state index >= 15 is 0 Å². The van der Waals surface area contributed by atoms with E-state index in [1.54, 1.807) is 0 Å². The molecule has 9 heteroatoms. The lowest BCUT2D eigenvalue weighted by molar-refractivity contribution is -0.653. The first kappa shape index (κ1) is 7.60. The second kappa shape index (κ2) is 2.62. The van der Waals surface area contributed by atoms with Gasteiger partial charge in [-0.15, -0.1) is 0 Å². The lowest BCUT2D eigenvalue weighted by atomic mass is 10.7. The highest BCUT2D eigenvalue weighted by Gasteiger charge is 2.26. The molecule has 0 bridgehead atoms. The molecule has 8 nitrogen and oxygen atoms in total. The van der Waals surface area contributed by atoms with Gasteiger partial charge in [-0.2, -0.15) is 8.42 Å². The Balaban J connectivity index is 2.88. The molecule has 60 valence electrons. The summed E-state index contributed by atoms with van der Waals surface area (Å²) in [4.78, 5) is 9.60. The van der Waals surface area contributed by atoms with Gasteiger partial charge in [0.2, 0.25) is 15.3 Å². The first-order valence-electron chi connectivity index (χ1n) is 2.40. The fourth-order valence-corrected chi connectivity index (χ4v) is 0.786. The summed E-state index contributed by atoms with van der Waals surface area (Å²) in [7, 11) is -2.52. The standard InChI is InChI=1S/C2H2N4O4S/c7-6(8)5-1-2(3-4-5)11(9)10/h1H2. The van der Waals surface area contributed by atoms with Crippen molar-refractivity contribution in [2.75, 3.05) is 6.54 Å². The Morgan fingerprint density at radius 2 is 2.27 bits per heavy atom. The quantitative estimate of drug-likeness (QED) is 0.287. The number of nitro groups is 1. The zero-order chi connectivity index (χ0) is 8.43. The number of hydrazine groups is 1. The fourth-order valence-electron chi connectivity index (χ4n) is 0.462. The third kappa shape index (κ3) is 1.49. The highest BCUT2D eigenvalue weighted by Crippen LogP contribution is 2.01. The third-order valence-electron chi connectivity index (χ3n) is 0.917. The molecule has 1 aliphatic heterocycles. The number of hydrogen-bond acceptors (Lipinski definition) is 5. The van der Waals surface area contributed by atoms with Gasteiger partial charge in [0.25, 0.3) is 0 Å². The summed E-state index contributed by atoms with van der Waals surface area (Å²) in [5, 5.41) is 15.4. The summed E-state index contributed by atoms with van der Waals surface area (Å²) in [6, 6.07) is 0. The van der Waals surface area contributed by atoms with E-state index in [1.807, 2.05) is 0 Å². The minimum atomic E-state index is -2.52. The molecule has 0 amide bonds. The van der Waals surface area contributed by atoms with Gasteiger partial charge in [0.15, 0.2) is 11.8 Å². The molecule has 0 aromatic heterocycles. The molecule has 0 spiro atoms. The van der Waals surface area contributed by atoms with Crippen LogP contribution < -0.4 is 0 Å². The monoisotopic (exact) mass is 178 g/mol. The van der Waals surface area contributed by atoms with E-state index in [2.05, 4.69) is 10.3 Å². The van der Waals surface area contributed by atoms with Crippen LogP contribution in [0.4, 0.5) is 0 Å². The van der Waals surface area contributed by atoms with Crippen molar-refractivity contribution < 1.29 is 13.5 Å². The van der Waals surface area contributed by atoms with Crippen molar-refractivity contribution in [2.45, 2.75) is 0 Å². The Bertz CT molecular complexity index is 333. The second-order valence-corrected chi connectivity index (χ2v) is 2.53. The van der Waals surface area contributed by atoms with Crippen molar-refractivity contribution in [3.8, 4) is 0 Å². The summed E-state index contributed by atoms with van der Waals surface area (Å²) in [6.07, 6.45) is 0. The molecule has 0 saturated carbocycles. The van der Waals surface area contributed by atoms with Crippen molar-refractivity contribution in [3.05, 3.63) is 10.1 Å². The van der Waals surface area contributed by atoms with Crippen LogP contribution in [0.25, 0.3) is 0 Å². The Hall–Kier alpha value is -1.51. The summed E-state index contributed by atoms with van der Waals surface area (Å²) in [5.41, 5.74) is 0. The first-order chi connectivity index (χ1) is 5.11. The van der Waals surface area contributed by atoms with Crippen LogP contribution >= 0.6 is 0 Å². The predicted molar refractivity (Wildman–Crippen MR) is 32.5 cm³/mol. The molecule has 11 heavy (non-hydrogen) atoms. The lowest BCUT2D eigenvalue weighted by Crippen LogP contribution is -2.24. The van der Waals surface area contributed by atoms with Crippen LogP contribution in [-0.2, 0) is 10.3 Å².